The highest BCUT2D eigenvalue weighted by molar-refractivity contribution is 5.23. The maximum atomic E-state index is 9.16. The van der Waals surface area contributed by atoms with Crippen molar-refractivity contribution in [3.05, 3.63) is 23.8 Å². The van der Waals surface area contributed by atoms with E-state index < -0.39 is 0 Å². The van der Waals surface area contributed by atoms with Crippen molar-refractivity contribution in [3.63, 3.8) is 0 Å². The Morgan fingerprint density at radius 1 is 1.31 bits per heavy atom. The summed E-state index contributed by atoms with van der Waals surface area (Å²) in [6.07, 6.45) is 9.46. The van der Waals surface area contributed by atoms with Crippen LogP contribution in [0.1, 0.15) is 52.4 Å². The number of hydrogen-bond donors (Lipinski definition) is 1. The Morgan fingerprint density at radius 2 is 2.06 bits per heavy atom. The number of rotatable bonds is 2. The second-order valence-electron chi connectivity index (χ2n) is 6.07. The Hall–Kier alpha value is -0.560. The fourth-order valence-electron chi connectivity index (χ4n) is 3.49. The van der Waals surface area contributed by atoms with E-state index in [2.05, 4.69) is 26.5 Å². The first-order valence-corrected chi connectivity index (χ1v) is 6.49. The smallest absolute Gasteiger partial charge is 0.0641 e. The van der Waals surface area contributed by atoms with Crippen LogP contribution in [0.3, 0.4) is 0 Å². The van der Waals surface area contributed by atoms with Crippen molar-refractivity contribution in [2.45, 2.75) is 52.4 Å². The van der Waals surface area contributed by atoms with E-state index >= 15 is 0 Å². The molecule has 2 unspecified atom stereocenters. The average Bonchev–Trinajstić information content (AvgIpc) is 2.62. The third kappa shape index (κ3) is 1.66. The summed E-state index contributed by atoms with van der Waals surface area (Å²) in [5, 5.41) is 9.16. The molecule has 0 aromatic rings. The second-order valence-corrected chi connectivity index (χ2v) is 6.07. The predicted octanol–water partition coefficient (Wildman–Crippen LogP) is 3.84. The highest BCUT2D eigenvalue weighted by Crippen LogP contribution is 2.58. The van der Waals surface area contributed by atoms with Gasteiger partial charge < -0.3 is 5.11 Å². The first-order chi connectivity index (χ1) is 7.52. The minimum Gasteiger partial charge on any atom is -0.392 e. The summed E-state index contributed by atoms with van der Waals surface area (Å²) >= 11 is 0. The van der Waals surface area contributed by atoms with Crippen LogP contribution in [0.5, 0.6) is 0 Å². The lowest BCUT2D eigenvalue weighted by molar-refractivity contribution is 0.0962. The van der Waals surface area contributed by atoms with E-state index in [9.17, 15) is 0 Å². The van der Waals surface area contributed by atoms with Crippen molar-refractivity contribution >= 4 is 0 Å². The van der Waals surface area contributed by atoms with Crippen LogP contribution in [0.15, 0.2) is 23.8 Å². The summed E-state index contributed by atoms with van der Waals surface area (Å²) in [4.78, 5) is 0. The Morgan fingerprint density at radius 3 is 2.50 bits per heavy atom. The van der Waals surface area contributed by atoms with Gasteiger partial charge in [0.2, 0.25) is 0 Å². The summed E-state index contributed by atoms with van der Waals surface area (Å²) in [5.41, 5.74) is 3.37. The third-order valence-electron chi connectivity index (χ3n) is 5.31. The molecule has 0 amide bonds. The molecule has 0 aromatic heterocycles. The van der Waals surface area contributed by atoms with Crippen molar-refractivity contribution in [3.8, 4) is 0 Å². The normalized spacial score (nSPS) is 39.9. The standard InChI is InChI=1S/C15H24O/c1-12-5-4-8-15(12,3)14(2)9-6-13(11-16)7-10-14/h6,16H,1,4-5,7-11H2,2-3H3. The minimum absolute atomic E-state index is 0.244. The van der Waals surface area contributed by atoms with Crippen LogP contribution in [-0.2, 0) is 0 Å². The van der Waals surface area contributed by atoms with Gasteiger partial charge in [-0.2, -0.15) is 0 Å². The number of allylic oxidation sites excluding steroid dienone is 2. The molecular weight excluding hydrogens is 196 g/mol. The van der Waals surface area contributed by atoms with Gasteiger partial charge >= 0.3 is 0 Å². The van der Waals surface area contributed by atoms with Gasteiger partial charge in [-0.1, -0.05) is 32.1 Å². The molecule has 2 atom stereocenters. The topological polar surface area (TPSA) is 20.2 Å². The highest BCUT2D eigenvalue weighted by Gasteiger charge is 2.48. The van der Waals surface area contributed by atoms with E-state index in [1.54, 1.807) is 0 Å². The summed E-state index contributed by atoms with van der Waals surface area (Å²) in [6.45, 7) is 9.35. The van der Waals surface area contributed by atoms with Crippen LogP contribution >= 0.6 is 0 Å². The second kappa shape index (κ2) is 4.03. The maximum absolute atomic E-state index is 9.16. The van der Waals surface area contributed by atoms with Gasteiger partial charge in [0.15, 0.2) is 0 Å². The van der Waals surface area contributed by atoms with Gasteiger partial charge in [-0.15, -0.1) is 0 Å². The average molecular weight is 220 g/mol. The van der Waals surface area contributed by atoms with Crippen LogP contribution in [0.25, 0.3) is 0 Å². The van der Waals surface area contributed by atoms with E-state index in [-0.39, 0.29) is 6.61 Å². The Labute approximate surface area is 99.3 Å². The fraction of sp³-hybridized carbons (Fsp3) is 0.733. The number of hydrogen-bond acceptors (Lipinski definition) is 1. The van der Waals surface area contributed by atoms with Crippen molar-refractivity contribution in [2.75, 3.05) is 6.61 Å². The first-order valence-electron chi connectivity index (χ1n) is 6.49. The molecule has 2 aliphatic carbocycles. The number of aliphatic hydroxyl groups is 1. The van der Waals surface area contributed by atoms with Crippen LogP contribution < -0.4 is 0 Å². The SMILES string of the molecule is C=C1CCCC1(C)C1(C)CC=C(CO)CC1. The molecule has 1 fully saturated rings. The molecule has 1 nitrogen and oxygen atoms in total. The van der Waals surface area contributed by atoms with E-state index in [0.717, 1.165) is 12.8 Å². The molecule has 90 valence electrons. The summed E-state index contributed by atoms with van der Waals surface area (Å²) < 4.78 is 0. The zero-order valence-corrected chi connectivity index (χ0v) is 10.7. The molecule has 2 aliphatic rings. The molecule has 0 aromatic carbocycles. The summed E-state index contributed by atoms with van der Waals surface area (Å²) in [5.74, 6) is 0. The Kier molecular flexibility index (Phi) is 3.00. The van der Waals surface area contributed by atoms with Crippen molar-refractivity contribution in [1.82, 2.24) is 0 Å². The summed E-state index contributed by atoms with van der Waals surface area (Å²) in [6, 6.07) is 0. The number of aliphatic hydroxyl groups excluding tert-OH is 1. The Bertz CT molecular complexity index is 328. The van der Waals surface area contributed by atoms with E-state index in [4.69, 9.17) is 5.11 Å². The van der Waals surface area contributed by atoms with Crippen LogP contribution in [0.4, 0.5) is 0 Å². The van der Waals surface area contributed by atoms with Crippen molar-refractivity contribution in [1.29, 1.82) is 0 Å². The molecule has 0 heterocycles. The van der Waals surface area contributed by atoms with E-state index in [1.807, 2.05) is 0 Å². The predicted molar refractivity (Wildman–Crippen MR) is 68.2 cm³/mol. The third-order valence-corrected chi connectivity index (χ3v) is 5.31. The van der Waals surface area contributed by atoms with Gasteiger partial charge in [0.1, 0.15) is 0 Å². The van der Waals surface area contributed by atoms with Gasteiger partial charge in [-0.3, -0.25) is 0 Å². The molecular formula is C15H24O. The molecule has 0 saturated heterocycles. The molecule has 1 N–H and O–H groups in total. The molecule has 0 aliphatic heterocycles. The highest BCUT2D eigenvalue weighted by atomic mass is 16.3. The van der Waals surface area contributed by atoms with Crippen molar-refractivity contribution < 1.29 is 5.11 Å². The fourth-order valence-corrected chi connectivity index (χ4v) is 3.49. The molecule has 1 saturated carbocycles. The Balaban J connectivity index is 2.21. The zero-order chi connectivity index (χ0) is 11.8. The largest absolute Gasteiger partial charge is 0.392 e. The van der Waals surface area contributed by atoms with E-state index in [1.165, 1.54) is 36.8 Å². The van der Waals surface area contributed by atoms with Crippen LogP contribution in [0, 0.1) is 10.8 Å². The van der Waals surface area contributed by atoms with Gasteiger partial charge in [0, 0.05) is 0 Å². The molecule has 1 heteroatoms. The molecule has 16 heavy (non-hydrogen) atoms. The quantitative estimate of drug-likeness (QED) is 0.701. The molecule has 2 rings (SSSR count). The molecule has 0 bridgehead atoms. The van der Waals surface area contributed by atoms with Crippen LogP contribution in [-0.4, -0.2) is 11.7 Å². The summed E-state index contributed by atoms with van der Waals surface area (Å²) in [7, 11) is 0. The minimum atomic E-state index is 0.244. The lowest BCUT2D eigenvalue weighted by atomic mass is 9.57. The van der Waals surface area contributed by atoms with Gasteiger partial charge in [-0.25, -0.2) is 0 Å². The molecule has 0 spiro atoms. The lowest BCUT2D eigenvalue weighted by Gasteiger charge is -2.47. The van der Waals surface area contributed by atoms with Gasteiger partial charge in [-0.05, 0) is 54.9 Å². The van der Waals surface area contributed by atoms with Gasteiger partial charge in [0.05, 0.1) is 6.61 Å². The van der Waals surface area contributed by atoms with Crippen molar-refractivity contribution in [2.24, 2.45) is 10.8 Å². The monoisotopic (exact) mass is 220 g/mol. The van der Waals surface area contributed by atoms with E-state index in [0.29, 0.717) is 10.8 Å². The van der Waals surface area contributed by atoms with Gasteiger partial charge in [0.25, 0.3) is 0 Å². The van der Waals surface area contributed by atoms with Crippen LogP contribution in [0.2, 0.25) is 0 Å². The molecule has 0 radical (unpaired) electrons. The lowest BCUT2D eigenvalue weighted by Crippen LogP contribution is -2.38. The maximum Gasteiger partial charge on any atom is 0.0641 e. The first kappa shape index (κ1) is 11.9. The zero-order valence-electron chi connectivity index (χ0n) is 10.7.